The lowest BCUT2D eigenvalue weighted by molar-refractivity contribution is 0.0599. The predicted octanol–water partition coefficient (Wildman–Crippen LogP) is 1.84. The van der Waals surface area contributed by atoms with Gasteiger partial charge in [-0.2, -0.15) is 0 Å². The molecule has 8 heteroatoms. The Morgan fingerprint density at radius 3 is 2.50 bits per heavy atom. The first kappa shape index (κ1) is 15.6. The Hall–Kier alpha value is -3.29. The van der Waals surface area contributed by atoms with Crippen molar-refractivity contribution in [2.45, 2.75) is 13.8 Å². The zero-order chi connectivity index (χ0) is 17.4. The third kappa shape index (κ3) is 2.58. The summed E-state index contributed by atoms with van der Waals surface area (Å²) in [5.41, 5.74) is 3.18. The number of imidazole rings is 1. The molecule has 3 aromatic rings. The lowest BCUT2D eigenvalue weighted by Gasteiger charge is -2.05. The number of esters is 1. The molecule has 0 saturated heterocycles. The van der Waals surface area contributed by atoms with Crippen molar-refractivity contribution in [3.63, 3.8) is 0 Å². The number of hydrogen-bond donors (Lipinski definition) is 4. The number of benzene rings is 1. The number of amides is 1. The fourth-order valence-corrected chi connectivity index (χ4v) is 2.69. The molecule has 1 amide bonds. The van der Waals surface area contributed by atoms with Crippen molar-refractivity contribution in [3.05, 3.63) is 51.2 Å². The van der Waals surface area contributed by atoms with E-state index in [4.69, 9.17) is 4.74 Å². The fraction of sp³-hybridized carbons (Fsp3) is 0.188. The van der Waals surface area contributed by atoms with E-state index in [1.165, 1.54) is 7.11 Å². The minimum atomic E-state index is -0.494. The Morgan fingerprint density at radius 2 is 1.79 bits per heavy atom. The van der Waals surface area contributed by atoms with Gasteiger partial charge in [-0.25, -0.2) is 9.59 Å². The van der Waals surface area contributed by atoms with E-state index >= 15 is 0 Å². The molecular formula is C16H16N4O4. The van der Waals surface area contributed by atoms with Crippen LogP contribution in [0.3, 0.4) is 0 Å². The van der Waals surface area contributed by atoms with Crippen LogP contribution in [0.15, 0.2) is 23.0 Å². The Labute approximate surface area is 136 Å². The molecule has 0 radical (unpaired) electrons. The first-order valence-corrected chi connectivity index (χ1v) is 7.21. The number of anilines is 1. The number of rotatable bonds is 3. The van der Waals surface area contributed by atoms with E-state index < -0.39 is 5.97 Å². The molecule has 0 aliphatic rings. The van der Waals surface area contributed by atoms with Crippen molar-refractivity contribution in [2.75, 3.05) is 12.4 Å². The summed E-state index contributed by atoms with van der Waals surface area (Å²) in [6.45, 7) is 3.38. The molecule has 0 aliphatic heterocycles. The quantitative estimate of drug-likeness (QED) is 0.548. The first-order chi connectivity index (χ1) is 11.4. The van der Waals surface area contributed by atoms with Crippen molar-refractivity contribution in [1.82, 2.24) is 15.0 Å². The van der Waals surface area contributed by atoms with Crippen LogP contribution in [0.2, 0.25) is 0 Å². The number of nitrogens with one attached hydrogen (secondary N) is 4. The minimum Gasteiger partial charge on any atom is -0.465 e. The van der Waals surface area contributed by atoms with Gasteiger partial charge < -0.3 is 25.0 Å². The summed E-state index contributed by atoms with van der Waals surface area (Å²) in [6, 6.07) is 5.02. The van der Waals surface area contributed by atoms with Crippen LogP contribution in [0.1, 0.15) is 32.1 Å². The highest BCUT2D eigenvalue weighted by atomic mass is 16.5. The highest BCUT2D eigenvalue weighted by Gasteiger charge is 2.22. The number of carbonyl (C=O) groups is 2. The molecule has 0 fully saturated rings. The van der Waals surface area contributed by atoms with Crippen LogP contribution in [-0.4, -0.2) is 33.9 Å². The van der Waals surface area contributed by atoms with Gasteiger partial charge >= 0.3 is 11.7 Å². The number of ether oxygens (including phenoxy) is 1. The number of aryl methyl sites for hydroxylation is 1. The van der Waals surface area contributed by atoms with Crippen molar-refractivity contribution in [1.29, 1.82) is 0 Å². The van der Waals surface area contributed by atoms with E-state index in [1.54, 1.807) is 32.0 Å². The van der Waals surface area contributed by atoms with Crippen LogP contribution in [0.4, 0.5) is 5.69 Å². The monoisotopic (exact) mass is 328 g/mol. The molecule has 0 unspecified atom stereocenters. The van der Waals surface area contributed by atoms with Crippen molar-refractivity contribution >= 4 is 28.6 Å². The summed E-state index contributed by atoms with van der Waals surface area (Å²) in [7, 11) is 1.29. The normalized spacial score (nSPS) is 10.8. The molecule has 0 aliphatic carbocycles. The molecule has 3 rings (SSSR count). The van der Waals surface area contributed by atoms with Crippen molar-refractivity contribution in [2.24, 2.45) is 0 Å². The highest BCUT2D eigenvalue weighted by Crippen LogP contribution is 2.21. The van der Waals surface area contributed by atoms with Crippen LogP contribution in [0.5, 0.6) is 0 Å². The van der Waals surface area contributed by atoms with Crippen molar-refractivity contribution in [3.8, 4) is 0 Å². The van der Waals surface area contributed by atoms with Crippen molar-refractivity contribution < 1.29 is 14.3 Å². The lowest BCUT2D eigenvalue weighted by Crippen LogP contribution is -2.14. The summed E-state index contributed by atoms with van der Waals surface area (Å²) in [5.74, 6) is -0.880. The SMILES string of the molecule is COC(=O)c1c(C)[nH]c(C(=O)Nc2ccc3[nH]c(=O)[nH]c3c2)c1C. The molecule has 0 spiro atoms. The fourth-order valence-electron chi connectivity index (χ4n) is 2.69. The molecule has 24 heavy (non-hydrogen) atoms. The van der Waals surface area contributed by atoms with E-state index in [9.17, 15) is 14.4 Å². The van der Waals surface area contributed by atoms with Crippen LogP contribution >= 0.6 is 0 Å². The third-order valence-electron chi connectivity index (χ3n) is 3.83. The number of hydrogen-bond acceptors (Lipinski definition) is 4. The van der Waals surface area contributed by atoms with Gasteiger partial charge in [0.15, 0.2) is 0 Å². The van der Waals surface area contributed by atoms with Gasteiger partial charge in [-0.3, -0.25) is 4.79 Å². The number of aromatic nitrogens is 3. The Morgan fingerprint density at radius 1 is 1.08 bits per heavy atom. The lowest BCUT2D eigenvalue weighted by atomic mass is 10.1. The molecule has 0 bridgehead atoms. The number of aromatic amines is 3. The summed E-state index contributed by atoms with van der Waals surface area (Å²) >= 11 is 0. The third-order valence-corrected chi connectivity index (χ3v) is 3.83. The molecule has 0 saturated carbocycles. The Kier molecular flexibility index (Phi) is 3.72. The number of fused-ring (bicyclic) bond motifs is 1. The molecule has 8 nitrogen and oxygen atoms in total. The number of methoxy groups -OCH3 is 1. The first-order valence-electron chi connectivity index (χ1n) is 7.21. The van der Waals surface area contributed by atoms with E-state index in [1.807, 2.05) is 0 Å². The molecule has 4 N–H and O–H groups in total. The van der Waals surface area contributed by atoms with E-state index in [0.717, 1.165) is 0 Å². The average molecular weight is 328 g/mol. The highest BCUT2D eigenvalue weighted by molar-refractivity contribution is 6.07. The Balaban J connectivity index is 1.91. The van der Waals surface area contributed by atoms with Gasteiger partial charge in [0.05, 0.1) is 23.7 Å². The van der Waals surface area contributed by atoms with Crippen LogP contribution < -0.4 is 11.0 Å². The van der Waals surface area contributed by atoms with E-state index in [0.29, 0.717) is 33.5 Å². The maximum absolute atomic E-state index is 12.5. The zero-order valence-electron chi connectivity index (χ0n) is 13.4. The summed E-state index contributed by atoms with van der Waals surface area (Å²) in [5, 5.41) is 2.74. The van der Waals surface area contributed by atoms with Gasteiger partial charge in [0.1, 0.15) is 5.69 Å². The molecule has 0 atom stereocenters. The maximum Gasteiger partial charge on any atom is 0.339 e. The summed E-state index contributed by atoms with van der Waals surface area (Å²) in [4.78, 5) is 43.7. The number of carbonyl (C=O) groups excluding carboxylic acids is 2. The van der Waals surface area contributed by atoms with Crippen LogP contribution in [0, 0.1) is 13.8 Å². The van der Waals surface area contributed by atoms with Gasteiger partial charge in [0.25, 0.3) is 5.91 Å². The second-order valence-corrected chi connectivity index (χ2v) is 5.41. The van der Waals surface area contributed by atoms with Gasteiger partial charge in [-0.15, -0.1) is 0 Å². The average Bonchev–Trinajstić information content (AvgIpc) is 3.05. The largest absolute Gasteiger partial charge is 0.465 e. The standard InChI is InChI=1S/C16H16N4O4/c1-7-12(15(22)24-3)8(2)17-13(7)14(21)18-9-4-5-10-11(6-9)20-16(23)19-10/h4-6,17H,1-3H3,(H,18,21)(H2,19,20,23). The van der Waals surface area contributed by atoms with Crippen LogP contribution in [-0.2, 0) is 4.74 Å². The molecule has 2 aromatic heterocycles. The van der Waals surface area contributed by atoms with Gasteiger partial charge in [-0.1, -0.05) is 0 Å². The second-order valence-electron chi connectivity index (χ2n) is 5.41. The Bertz CT molecular complexity index is 1010. The van der Waals surface area contributed by atoms with E-state index in [-0.39, 0.29) is 17.3 Å². The zero-order valence-corrected chi connectivity index (χ0v) is 13.4. The predicted molar refractivity (Wildman–Crippen MR) is 88.5 cm³/mol. The minimum absolute atomic E-state index is 0.288. The molecule has 2 heterocycles. The summed E-state index contributed by atoms with van der Waals surface area (Å²) in [6.07, 6.45) is 0. The van der Waals surface area contributed by atoms with Gasteiger partial charge in [-0.05, 0) is 37.6 Å². The topological polar surface area (TPSA) is 120 Å². The smallest absolute Gasteiger partial charge is 0.339 e. The molecular weight excluding hydrogens is 312 g/mol. The second kappa shape index (κ2) is 5.73. The molecule has 1 aromatic carbocycles. The van der Waals surface area contributed by atoms with Gasteiger partial charge in [0.2, 0.25) is 0 Å². The van der Waals surface area contributed by atoms with E-state index in [2.05, 4.69) is 20.3 Å². The van der Waals surface area contributed by atoms with Gasteiger partial charge in [0, 0.05) is 11.4 Å². The maximum atomic E-state index is 12.5. The number of H-pyrrole nitrogens is 3. The van der Waals surface area contributed by atoms with Crippen LogP contribution in [0.25, 0.3) is 11.0 Å². The summed E-state index contributed by atoms with van der Waals surface area (Å²) < 4.78 is 4.73. The molecule has 124 valence electrons.